The first kappa shape index (κ1) is 21.6. The summed E-state index contributed by atoms with van der Waals surface area (Å²) >= 11 is 1.16. The number of rotatable bonds is 4. The van der Waals surface area contributed by atoms with Crippen molar-refractivity contribution in [1.82, 2.24) is 4.98 Å². The average Bonchev–Trinajstić information content (AvgIpc) is 2.94. The molecule has 2 N–H and O–H groups in total. The Balaban J connectivity index is 1.99. The van der Waals surface area contributed by atoms with E-state index in [0.29, 0.717) is 5.56 Å². The number of carbonyl (C=O) groups is 2. The molecule has 158 valence electrons. The van der Waals surface area contributed by atoms with E-state index < -0.39 is 29.0 Å². The van der Waals surface area contributed by atoms with Gasteiger partial charge >= 0.3 is 12.1 Å². The van der Waals surface area contributed by atoms with Crippen LogP contribution in [0.3, 0.4) is 0 Å². The van der Waals surface area contributed by atoms with Gasteiger partial charge in [0, 0.05) is 22.0 Å². The number of aryl methyl sites for hydroxylation is 1. The number of hydrogen-bond donors (Lipinski definition) is 2. The number of aromatic nitrogens is 1. The molecule has 3 rings (SSSR count). The molecule has 0 unspecified atom stereocenters. The Morgan fingerprint density at radius 2 is 1.93 bits per heavy atom. The van der Waals surface area contributed by atoms with Crippen molar-refractivity contribution >= 4 is 39.1 Å². The number of benzene rings is 1. The molecule has 0 saturated heterocycles. The normalized spacial score (nSPS) is 11.5. The fraction of sp³-hybridized carbons (Fsp3) is 0.250. The van der Waals surface area contributed by atoms with Crippen LogP contribution in [0.15, 0.2) is 29.2 Å². The van der Waals surface area contributed by atoms with Crippen LogP contribution in [0.2, 0.25) is 0 Å². The quantitative estimate of drug-likeness (QED) is 0.580. The molecule has 2 aromatic heterocycles. The predicted octanol–water partition coefficient (Wildman–Crippen LogP) is 4.65. The van der Waals surface area contributed by atoms with Gasteiger partial charge in [0.1, 0.15) is 10.6 Å². The smallest absolute Gasteiger partial charge is 0.416 e. The number of hydrogen-bond acceptors (Lipinski definition) is 5. The number of pyridine rings is 1. The van der Waals surface area contributed by atoms with E-state index in [-0.39, 0.29) is 33.6 Å². The lowest BCUT2D eigenvalue weighted by atomic mass is 10.1. The average molecular weight is 438 g/mol. The third-order valence-corrected chi connectivity index (χ3v) is 5.67. The lowest BCUT2D eigenvalue weighted by Gasteiger charge is -2.09. The van der Waals surface area contributed by atoms with Gasteiger partial charge < -0.3 is 15.0 Å². The Bertz CT molecular complexity index is 1210. The van der Waals surface area contributed by atoms with E-state index in [0.717, 1.165) is 40.6 Å². The van der Waals surface area contributed by atoms with Gasteiger partial charge in [-0.05, 0) is 44.5 Å². The number of esters is 1. The van der Waals surface area contributed by atoms with E-state index in [9.17, 15) is 27.6 Å². The number of anilines is 1. The highest BCUT2D eigenvalue weighted by atomic mass is 32.1. The van der Waals surface area contributed by atoms with E-state index in [2.05, 4.69) is 10.3 Å². The summed E-state index contributed by atoms with van der Waals surface area (Å²) in [7, 11) is 0. The highest BCUT2D eigenvalue weighted by molar-refractivity contribution is 7.16. The van der Waals surface area contributed by atoms with Crippen molar-refractivity contribution in [1.29, 1.82) is 0 Å². The van der Waals surface area contributed by atoms with Gasteiger partial charge in [-0.15, -0.1) is 11.3 Å². The Labute approximate surface area is 172 Å². The second kappa shape index (κ2) is 7.94. The van der Waals surface area contributed by atoms with Crippen LogP contribution in [0.1, 0.15) is 43.6 Å². The highest BCUT2D eigenvalue weighted by Gasteiger charge is 2.31. The van der Waals surface area contributed by atoms with Gasteiger partial charge in [-0.3, -0.25) is 9.59 Å². The van der Waals surface area contributed by atoms with E-state index in [1.807, 2.05) is 0 Å². The number of halogens is 3. The van der Waals surface area contributed by atoms with Gasteiger partial charge in [0.15, 0.2) is 0 Å². The van der Waals surface area contributed by atoms with Crippen molar-refractivity contribution in [2.75, 3.05) is 11.9 Å². The molecule has 30 heavy (non-hydrogen) atoms. The standard InChI is InChI=1S/C20H17F3N2O4S/c1-4-29-19(28)15-9(2)10(3)30-18(15)25-17(27)13-8-24-14-7-11(20(21,22)23)5-6-12(14)16(13)26/h5-8H,4H2,1-3H3,(H,24,26)(H,25,27). The van der Waals surface area contributed by atoms with Crippen LogP contribution < -0.4 is 10.7 Å². The number of amides is 1. The maximum absolute atomic E-state index is 12.9. The fourth-order valence-corrected chi connectivity index (χ4v) is 3.95. The molecular weight excluding hydrogens is 421 g/mol. The number of carbonyl (C=O) groups excluding carboxylic acids is 2. The maximum atomic E-state index is 12.9. The van der Waals surface area contributed by atoms with Crippen molar-refractivity contribution in [3.05, 3.63) is 61.8 Å². The molecule has 0 bridgehead atoms. The topological polar surface area (TPSA) is 88.3 Å². The first-order valence-electron chi connectivity index (χ1n) is 8.85. The minimum absolute atomic E-state index is 0.0404. The third kappa shape index (κ3) is 3.95. The number of ether oxygens (including phenoxy) is 1. The summed E-state index contributed by atoms with van der Waals surface area (Å²) in [4.78, 5) is 41.0. The third-order valence-electron chi connectivity index (χ3n) is 4.54. The summed E-state index contributed by atoms with van der Waals surface area (Å²) in [6.45, 7) is 5.31. The molecule has 1 amide bonds. The first-order valence-corrected chi connectivity index (χ1v) is 9.67. The zero-order valence-corrected chi connectivity index (χ0v) is 17.0. The van der Waals surface area contributed by atoms with E-state index >= 15 is 0 Å². The van der Waals surface area contributed by atoms with Crippen molar-refractivity contribution < 1.29 is 27.5 Å². The van der Waals surface area contributed by atoms with Gasteiger partial charge in [0.25, 0.3) is 5.91 Å². The molecule has 0 radical (unpaired) electrons. The van der Waals surface area contributed by atoms with Crippen LogP contribution in [0, 0.1) is 13.8 Å². The second-order valence-electron chi connectivity index (χ2n) is 6.45. The number of aromatic amines is 1. The van der Waals surface area contributed by atoms with Gasteiger partial charge in [0.05, 0.1) is 17.7 Å². The van der Waals surface area contributed by atoms with Gasteiger partial charge in [-0.25, -0.2) is 4.79 Å². The molecule has 0 atom stereocenters. The van der Waals surface area contributed by atoms with Crippen LogP contribution in [-0.2, 0) is 10.9 Å². The minimum atomic E-state index is -4.56. The van der Waals surface area contributed by atoms with Crippen molar-refractivity contribution in [3.8, 4) is 0 Å². The molecule has 0 aliphatic heterocycles. The molecule has 1 aromatic carbocycles. The van der Waals surface area contributed by atoms with Crippen LogP contribution in [0.5, 0.6) is 0 Å². The largest absolute Gasteiger partial charge is 0.462 e. The fourth-order valence-electron chi connectivity index (χ4n) is 2.90. The van der Waals surface area contributed by atoms with Crippen molar-refractivity contribution in [2.45, 2.75) is 26.9 Å². The van der Waals surface area contributed by atoms with Gasteiger partial charge in [-0.2, -0.15) is 13.2 Å². The molecule has 0 spiro atoms. The number of thiophene rings is 1. The Hall–Kier alpha value is -3.14. The summed E-state index contributed by atoms with van der Waals surface area (Å²) in [6, 6.07) is 2.62. The molecule has 0 saturated carbocycles. The lowest BCUT2D eigenvalue weighted by molar-refractivity contribution is -0.137. The predicted molar refractivity (Wildman–Crippen MR) is 107 cm³/mol. The van der Waals surface area contributed by atoms with E-state index in [1.54, 1.807) is 20.8 Å². The molecule has 0 aliphatic carbocycles. The summed E-state index contributed by atoms with van der Waals surface area (Å²) in [6.07, 6.45) is -3.50. The number of H-pyrrole nitrogens is 1. The molecule has 0 aliphatic rings. The van der Waals surface area contributed by atoms with Crippen LogP contribution >= 0.6 is 11.3 Å². The SMILES string of the molecule is CCOC(=O)c1c(NC(=O)c2c[nH]c3cc(C(F)(F)F)ccc3c2=O)sc(C)c1C. The summed E-state index contributed by atoms with van der Waals surface area (Å²) in [5.41, 5.74) is -1.10. The Morgan fingerprint density at radius 1 is 1.23 bits per heavy atom. The maximum Gasteiger partial charge on any atom is 0.416 e. The number of alkyl halides is 3. The Kier molecular flexibility index (Phi) is 5.71. The van der Waals surface area contributed by atoms with E-state index in [4.69, 9.17) is 4.74 Å². The highest BCUT2D eigenvalue weighted by Crippen LogP contribution is 2.33. The molecule has 10 heteroatoms. The van der Waals surface area contributed by atoms with Gasteiger partial charge in [-0.1, -0.05) is 0 Å². The van der Waals surface area contributed by atoms with Crippen LogP contribution in [0.4, 0.5) is 18.2 Å². The summed E-state index contributed by atoms with van der Waals surface area (Å²) in [5.74, 6) is -1.38. The number of nitrogens with one attached hydrogen (secondary N) is 2. The number of fused-ring (bicyclic) bond motifs is 1. The molecule has 6 nitrogen and oxygen atoms in total. The zero-order chi connectivity index (χ0) is 22.2. The minimum Gasteiger partial charge on any atom is -0.462 e. The van der Waals surface area contributed by atoms with Crippen LogP contribution in [0.25, 0.3) is 10.9 Å². The first-order chi connectivity index (χ1) is 14.0. The molecular formula is C20H17F3N2O4S. The summed E-state index contributed by atoms with van der Waals surface area (Å²) in [5, 5.41) is 2.73. The molecule has 2 heterocycles. The van der Waals surface area contributed by atoms with Crippen LogP contribution in [-0.4, -0.2) is 23.5 Å². The van der Waals surface area contributed by atoms with Gasteiger partial charge in [0.2, 0.25) is 5.43 Å². The second-order valence-corrected chi connectivity index (χ2v) is 7.68. The Morgan fingerprint density at radius 3 is 2.57 bits per heavy atom. The zero-order valence-electron chi connectivity index (χ0n) is 16.2. The lowest BCUT2D eigenvalue weighted by Crippen LogP contribution is -2.22. The van der Waals surface area contributed by atoms with Crippen molar-refractivity contribution in [3.63, 3.8) is 0 Å². The monoisotopic (exact) mass is 438 g/mol. The van der Waals surface area contributed by atoms with Crippen molar-refractivity contribution in [2.24, 2.45) is 0 Å². The molecule has 3 aromatic rings. The molecule has 0 fully saturated rings. The summed E-state index contributed by atoms with van der Waals surface area (Å²) < 4.78 is 43.6. The van der Waals surface area contributed by atoms with E-state index in [1.165, 1.54) is 0 Å².